The van der Waals surface area contributed by atoms with Crippen LogP contribution in [0.15, 0.2) is 25.0 Å². The maximum absolute atomic E-state index is 10.0. The van der Waals surface area contributed by atoms with Crippen molar-refractivity contribution in [3.05, 3.63) is 30.6 Å². The van der Waals surface area contributed by atoms with E-state index in [1.165, 1.54) is 18.4 Å². The number of rotatable bonds is 6. The number of likely N-dealkylation sites (tertiary alicyclic amines) is 1. The Morgan fingerprint density at radius 2 is 2.50 bits per heavy atom. The minimum atomic E-state index is -0.254. The van der Waals surface area contributed by atoms with Gasteiger partial charge in [0.05, 0.1) is 12.3 Å². The second-order valence-electron chi connectivity index (χ2n) is 5.06. The summed E-state index contributed by atoms with van der Waals surface area (Å²) in [6.45, 7) is 5.52. The molecule has 1 aliphatic rings. The number of hydrogen-bond donors (Lipinski definition) is 2. The summed E-state index contributed by atoms with van der Waals surface area (Å²) in [6.07, 6.45) is 10.8. The lowest BCUT2D eigenvalue weighted by molar-refractivity contribution is 0.0631. The van der Waals surface area contributed by atoms with Gasteiger partial charge in [-0.1, -0.05) is 12.5 Å². The number of hydrogen-bond acceptors (Lipinski definition) is 3. The summed E-state index contributed by atoms with van der Waals surface area (Å²) in [5.41, 5.74) is 1.24. The number of aromatic amines is 1. The van der Waals surface area contributed by atoms with Crippen LogP contribution >= 0.6 is 0 Å². The van der Waals surface area contributed by atoms with E-state index >= 15 is 0 Å². The van der Waals surface area contributed by atoms with Crippen molar-refractivity contribution in [2.45, 2.75) is 44.2 Å². The van der Waals surface area contributed by atoms with E-state index in [-0.39, 0.29) is 6.10 Å². The van der Waals surface area contributed by atoms with Crippen LogP contribution in [-0.4, -0.2) is 39.4 Å². The van der Waals surface area contributed by atoms with Crippen molar-refractivity contribution in [3.63, 3.8) is 0 Å². The second kappa shape index (κ2) is 6.71. The molecule has 1 aromatic heterocycles. The fourth-order valence-corrected chi connectivity index (χ4v) is 2.70. The lowest BCUT2D eigenvalue weighted by Crippen LogP contribution is -2.38. The van der Waals surface area contributed by atoms with E-state index in [4.69, 9.17) is 0 Å². The van der Waals surface area contributed by atoms with Crippen LogP contribution in [0.4, 0.5) is 0 Å². The third-order valence-corrected chi connectivity index (χ3v) is 3.67. The van der Waals surface area contributed by atoms with E-state index in [9.17, 15) is 5.11 Å². The first-order chi connectivity index (χ1) is 8.81. The zero-order valence-electron chi connectivity index (χ0n) is 10.9. The van der Waals surface area contributed by atoms with E-state index < -0.39 is 0 Å². The van der Waals surface area contributed by atoms with Gasteiger partial charge in [-0.3, -0.25) is 10.00 Å². The standard InChI is InChI=1S/C14H23N3O/c1-2-3-6-13(18)11-17-8-5-4-7-14(17)12-9-15-16-10-12/h2,9-10,13-14,18H,1,3-8,11H2,(H,15,16)/t13-,14-/m1/s1. The van der Waals surface area contributed by atoms with Crippen molar-refractivity contribution in [2.75, 3.05) is 13.1 Å². The molecule has 1 aromatic rings. The smallest absolute Gasteiger partial charge is 0.0670 e. The van der Waals surface area contributed by atoms with Gasteiger partial charge >= 0.3 is 0 Å². The fourth-order valence-electron chi connectivity index (χ4n) is 2.70. The van der Waals surface area contributed by atoms with Crippen molar-refractivity contribution in [3.8, 4) is 0 Å². The molecule has 0 aromatic carbocycles. The first kappa shape index (κ1) is 13.3. The molecular formula is C14H23N3O. The van der Waals surface area contributed by atoms with Crippen LogP contribution in [0.25, 0.3) is 0 Å². The molecule has 1 fully saturated rings. The number of β-amino-alcohol motifs (C(OH)–C–C–N with tert-alkyl or cyclic N) is 1. The molecular weight excluding hydrogens is 226 g/mol. The molecule has 0 aliphatic carbocycles. The van der Waals surface area contributed by atoms with Gasteiger partial charge in [0.1, 0.15) is 0 Å². The summed E-state index contributed by atoms with van der Waals surface area (Å²) in [5, 5.41) is 17.0. The first-order valence-electron chi connectivity index (χ1n) is 6.83. The average Bonchev–Trinajstić information content (AvgIpc) is 2.91. The molecule has 2 N–H and O–H groups in total. The molecule has 2 rings (SSSR count). The predicted molar refractivity (Wildman–Crippen MR) is 72.2 cm³/mol. The van der Waals surface area contributed by atoms with Gasteiger partial charge in [0.15, 0.2) is 0 Å². The maximum atomic E-state index is 10.0. The van der Waals surface area contributed by atoms with Gasteiger partial charge in [-0.05, 0) is 32.2 Å². The Kier molecular flexibility index (Phi) is 4.96. The van der Waals surface area contributed by atoms with Crippen molar-refractivity contribution >= 4 is 0 Å². The molecule has 0 saturated carbocycles. The Balaban J connectivity index is 1.93. The van der Waals surface area contributed by atoms with Crippen LogP contribution in [0.3, 0.4) is 0 Å². The number of piperidine rings is 1. The van der Waals surface area contributed by atoms with Crippen LogP contribution in [0, 0.1) is 0 Å². The van der Waals surface area contributed by atoms with E-state index in [0.29, 0.717) is 6.04 Å². The van der Waals surface area contributed by atoms with Gasteiger partial charge in [-0.2, -0.15) is 5.10 Å². The number of nitrogens with zero attached hydrogens (tertiary/aromatic N) is 2. The monoisotopic (exact) mass is 249 g/mol. The van der Waals surface area contributed by atoms with Crippen LogP contribution in [0.1, 0.15) is 43.7 Å². The highest BCUT2D eigenvalue weighted by Crippen LogP contribution is 2.30. The summed E-state index contributed by atoms with van der Waals surface area (Å²) >= 11 is 0. The molecule has 0 amide bonds. The van der Waals surface area contributed by atoms with E-state index in [2.05, 4.69) is 21.7 Å². The summed E-state index contributed by atoms with van der Waals surface area (Å²) in [4.78, 5) is 2.39. The number of nitrogens with one attached hydrogen (secondary N) is 1. The Labute approximate surface area is 109 Å². The predicted octanol–water partition coefficient (Wildman–Crippen LogP) is 2.26. The highest BCUT2D eigenvalue weighted by atomic mass is 16.3. The SMILES string of the molecule is C=CCC[C@@H](O)CN1CCCC[C@@H]1c1cn[nH]c1. The number of aromatic nitrogens is 2. The van der Waals surface area contributed by atoms with Crippen LogP contribution in [-0.2, 0) is 0 Å². The minimum Gasteiger partial charge on any atom is -0.392 e. The molecule has 4 heteroatoms. The quantitative estimate of drug-likeness (QED) is 0.760. The second-order valence-corrected chi connectivity index (χ2v) is 5.06. The zero-order chi connectivity index (χ0) is 12.8. The Morgan fingerprint density at radius 3 is 3.22 bits per heavy atom. The van der Waals surface area contributed by atoms with Gasteiger partial charge in [0.2, 0.25) is 0 Å². The summed E-state index contributed by atoms with van der Waals surface area (Å²) in [6, 6.07) is 0.413. The maximum Gasteiger partial charge on any atom is 0.0670 e. The lowest BCUT2D eigenvalue weighted by atomic mass is 9.97. The highest BCUT2D eigenvalue weighted by Gasteiger charge is 2.25. The number of H-pyrrole nitrogens is 1. The van der Waals surface area contributed by atoms with Gasteiger partial charge in [-0.15, -0.1) is 6.58 Å². The minimum absolute atomic E-state index is 0.254. The Bertz CT molecular complexity index is 350. The molecule has 0 radical (unpaired) electrons. The van der Waals surface area contributed by atoms with Crippen LogP contribution < -0.4 is 0 Å². The average molecular weight is 249 g/mol. The topological polar surface area (TPSA) is 52.1 Å². The number of aliphatic hydroxyl groups excluding tert-OH is 1. The normalized spacial score (nSPS) is 22.8. The molecule has 0 bridgehead atoms. The molecule has 1 saturated heterocycles. The van der Waals surface area contributed by atoms with Crippen molar-refractivity contribution in [1.29, 1.82) is 0 Å². The van der Waals surface area contributed by atoms with Gasteiger partial charge in [0.25, 0.3) is 0 Å². The summed E-state index contributed by atoms with van der Waals surface area (Å²) in [5.74, 6) is 0. The van der Waals surface area contributed by atoms with Crippen molar-refractivity contribution in [2.24, 2.45) is 0 Å². The largest absolute Gasteiger partial charge is 0.392 e. The number of allylic oxidation sites excluding steroid dienone is 1. The summed E-state index contributed by atoms with van der Waals surface area (Å²) in [7, 11) is 0. The lowest BCUT2D eigenvalue weighted by Gasteiger charge is -2.36. The molecule has 2 atom stereocenters. The Hall–Kier alpha value is -1.13. The third-order valence-electron chi connectivity index (χ3n) is 3.67. The van der Waals surface area contributed by atoms with Gasteiger partial charge in [-0.25, -0.2) is 0 Å². The molecule has 100 valence electrons. The number of aliphatic hydroxyl groups is 1. The van der Waals surface area contributed by atoms with E-state index in [0.717, 1.165) is 32.4 Å². The third kappa shape index (κ3) is 3.43. The van der Waals surface area contributed by atoms with Crippen LogP contribution in [0.5, 0.6) is 0 Å². The summed E-state index contributed by atoms with van der Waals surface area (Å²) < 4.78 is 0. The first-order valence-corrected chi connectivity index (χ1v) is 6.83. The van der Waals surface area contributed by atoms with E-state index in [1.54, 1.807) is 0 Å². The molecule has 2 heterocycles. The van der Waals surface area contributed by atoms with E-state index in [1.807, 2.05) is 18.5 Å². The Morgan fingerprint density at radius 1 is 1.61 bits per heavy atom. The molecule has 0 spiro atoms. The van der Waals surface area contributed by atoms with Gasteiger partial charge < -0.3 is 5.11 Å². The molecule has 18 heavy (non-hydrogen) atoms. The highest BCUT2D eigenvalue weighted by molar-refractivity contribution is 5.10. The van der Waals surface area contributed by atoms with Crippen molar-refractivity contribution < 1.29 is 5.11 Å². The van der Waals surface area contributed by atoms with Crippen molar-refractivity contribution in [1.82, 2.24) is 15.1 Å². The molecule has 1 aliphatic heterocycles. The van der Waals surface area contributed by atoms with Crippen LogP contribution in [0.2, 0.25) is 0 Å². The fraction of sp³-hybridized carbons (Fsp3) is 0.643. The van der Waals surface area contributed by atoms with Gasteiger partial charge in [0, 0.05) is 24.3 Å². The zero-order valence-corrected chi connectivity index (χ0v) is 10.9. The molecule has 4 nitrogen and oxygen atoms in total. The molecule has 0 unspecified atom stereocenters.